The molecule has 0 atom stereocenters. The molecule has 4 heteroatoms. The summed E-state index contributed by atoms with van der Waals surface area (Å²) in [5.41, 5.74) is 2.26. The predicted octanol–water partition coefficient (Wildman–Crippen LogP) is 2.57. The Balaban J connectivity index is 0.000000366. The van der Waals surface area contributed by atoms with Crippen LogP contribution in [0.2, 0.25) is 0 Å². The van der Waals surface area contributed by atoms with E-state index in [1.807, 2.05) is 19.9 Å². The Kier molecular flexibility index (Phi) is 6.63. The van der Waals surface area contributed by atoms with E-state index >= 15 is 0 Å². The summed E-state index contributed by atoms with van der Waals surface area (Å²) in [6.07, 6.45) is 0. The zero-order chi connectivity index (χ0) is 13.4. The first-order chi connectivity index (χ1) is 7.90. The van der Waals surface area contributed by atoms with E-state index in [0.29, 0.717) is 12.2 Å². The number of carboxylic acids is 1. The lowest BCUT2D eigenvalue weighted by molar-refractivity contribution is -0.140. The molecule has 0 aliphatic heterocycles. The summed E-state index contributed by atoms with van der Waals surface area (Å²) in [7, 11) is 0. The van der Waals surface area contributed by atoms with Crippen molar-refractivity contribution in [2.24, 2.45) is 0 Å². The van der Waals surface area contributed by atoms with Crippen molar-refractivity contribution in [1.82, 2.24) is 0 Å². The summed E-state index contributed by atoms with van der Waals surface area (Å²) in [6.45, 7) is 7.38. The number of benzene rings is 1. The van der Waals surface area contributed by atoms with Crippen LogP contribution in [0.3, 0.4) is 0 Å². The normalized spacial score (nSPS) is 8.94. The standard InChI is InChI=1S/C9H10O2.C4H8O2/c1-6-4-3-5-8(7(6)2)9(10)11;1-3-6-4(2)5/h3-5H,1-2H3,(H,10,11);3H2,1-2H3. The van der Waals surface area contributed by atoms with E-state index in [2.05, 4.69) is 4.74 Å². The molecule has 0 saturated heterocycles. The van der Waals surface area contributed by atoms with Gasteiger partial charge in [0.15, 0.2) is 0 Å². The maximum atomic E-state index is 10.6. The molecule has 4 nitrogen and oxygen atoms in total. The summed E-state index contributed by atoms with van der Waals surface area (Å²) in [6, 6.07) is 5.28. The molecular formula is C13H18O4. The summed E-state index contributed by atoms with van der Waals surface area (Å²) >= 11 is 0. The van der Waals surface area contributed by atoms with E-state index in [-0.39, 0.29) is 5.97 Å². The van der Waals surface area contributed by atoms with Gasteiger partial charge < -0.3 is 9.84 Å². The lowest BCUT2D eigenvalue weighted by atomic mass is 10.0. The Labute approximate surface area is 101 Å². The monoisotopic (exact) mass is 238 g/mol. The fourth-order valence-corrected chi connectivity index (χ4v) is 1.19. The zero-order valence-electron chi connectivity index (χ0n) is 10.6. The number of carbonyl (C=O) groups is 2. The molecule has 0 amide bonds. The molecule has 0 aliphatic rings. The number of hydrogen-bond donors (Lipinski definition) is 1. The Bertz CT molecular complexity index is 396. The summed E-state index contributed by atoms with van der Waals surface area (Å²) in [4.78, 5) is 20.4. The van der Waals surface area contributed by atoms with Gasteiger partial charge in [-0.3, -0.25) is 4.79 Å². The number of hydrogen-bond acceptors (Lipinski definition) is 3. The van der Waals surface area contributed by atoms with Gasteiger partial charge in [0.2, 0.25) is 0 Å². The summed E-state index contributed by atoms with van der Waals surface area (Å²) in [5.74, 6) is -1.07. The van der Waals surface area contributed by atoms with Gasteiger partial charge in [0.1, 0.15) is 0 Å². The van der Waals surface area contributed by atoms with Crippen LogP contribution in [-0.4, -0.2) is 23.7 Å². The second kappa shape index (κ2) is 7.44. The Morgan fingerprint density at radius 2 is 1.88 bits per heavy atom. The topological polar surface area (TPSA) is 63.6 Å². The van der Waals surface area contributed by atoms with Gasteiger partial charge in [0.25, 0.3) is 0 Å². The van der Waals surface area contributed by atoms with Gasteiger partial charge >= 0.3 is 11.9 Å². The van der Waals surface area contributed by atoms with Crippen molar-refractivity contribution >= 4 is 11.9 Å². The minimum atomic E-state index is -0.855. The molecule has 17 heavy (non-hydrogen) atoms. The van der Waals surface area contributed by atoms with Crippen LogP contribution < -0.4 is 0 Å². The molecule has 1 rings (SSSR count). The molecule has 0 aromatic heterocycles. The van der Waals surface area contributed by atoms with Gasteiger partial charge in [-0.25, -0.2) is 4.79 Å². The Morgan fingerprint density at radius 3 is 2.18 bits per heavy atom. The Hall–Kier alpha value is -1.84. The van der Waals surface area contributed by atoms with Crippen molar-refractivity contribution in [3.8, 4) is 0 Å². The number of carboxylic acid groups (broad SMARTS) is 1. The minimum absolute atomic E-state index is 0.211. The average Bonchev–Trinajstić information content (AvgIpc) is 2.22. The Morgan fingerprint density at radius 1 is 1.29 bits per heavy atom. The second-order valence-corrected chi connectivity index (χ2v) is 3.48. The van der Waals surface area contributed by atoms with Gasteiger partial charge in [-0.15, -0.1) is 0 Å². The van der Waals surface area contributed by atoms with E-state index < -0.39 is 5.97 Å². The summed E-state index contributed by atoms with van der Waals surface area (Å²) < 4.78 is 4.40. The first-order valence-corrected chi connectivity index (χ1v) is 5.33. The predicted molar refractivity (Wildman–Crippen MR) is 65.2 cm³/mol. The fraction of sp³-hybridized carbons (Fsp3) is 0.385. The van der Waals surface area contributed by atoms with Crippen molar-refractivity contribution in [3.63, 3.8) is 0 Å². The third kappa shape index (κ3) is 5.70. The number of aryl methyl sites for hydroxylation is 1. The van der Waals surface area contributed by atoms with Crippen molar-refractivity contribution < 1.29 is 19.4 Å². The third-order valence-electron chi connectivity index (χ3n) is 2.18. The van der Waals surface area contributed by atoms with Crippen LogP contribution in [0.4, 0.5) is 0 Å². The molecule has 0 radical (unpaired) electrons. The highest BCUT2D eigenvalue weighted by molar-refractivity contribution is 5.89. The molecule has 0 heterocycles. The first-order valence-electron chi connectivity index (χ1n) is 5.33. The van der Waals surface area contributed by atoms with Gasteiger partial charge in [0.05, 0.1) is 12.2 Å². The number of carbonyl (C=O) groups excluding carboxylic acids is 1. The largest absolute Gasteiger partial charge is 0.478 e. The maximum absolute atomic E-state index is 10.6. The number of ether oxygens (including phenoxy) is 1. The van der Waals surface area contributed by atoms with Crippen LogP contribution in [0.15, 0.2) is 18.2 Å². The van der Waals surface area contributed by atoms with E-state index in [9.17, 15) is 9.59 Å². The van der Waals surface area contributed by atoms with Crippen molar-refractivity contribution in [2.75, 3.05) is 6.61 Å². The molecule has 0 bridgehead atoms. The smallest absolute Gasteiger partial charge is 0.335 e. The quantitative estimate of drug-likeness (QED) is 0.804. The highest BCUT2D eigenvalue weighted by atomic mass is 16.5. The molecule has 1 aromatic carbocycles. The molecule has 1 aromatic rings. The third-order valence-corrected chi connectivity index (χ3v) is 2.18. The fourth-order valence-electron chi connectivity index (χ4n) is 1.19. The molecule has 94 valence electrons. The van der Waals surface area contributed by atoms with Crippen molar-refractivity contribution in [3.05, 3.63) is 34.9 Å². The highest BCUT2D eigenvalue weighted by Gasteiger charge is 2.06. The molecule has 1 N–H and O–H groups in total. The molecular weight excluding hydrogens is 220 g/mol. The van der Waals surface area contributed by atoms with Crippen LogP contribution in [0.1, 0.15) is 35.3 Å². The van der Waals surface area contributed by atoms with E-state index in [4.69, 9.17) is 5.11 Å². The molecule has 0 saturated carbocycles. The lowest BCUT2D eigenvalue weighted by Crippen LogP contribution is -2.00. The first kappa shape index (κ1) is 15.2. The molecule has 0 unspecified atom stereocenters. The van der Waals surface area contributed by atoms with Gasteiger partial charge in [-0.1, -0.05) is 12.1 Å². The number of rotatable bonds is 2. The molecule has 0 aliphatic carbocycles. The van der Waals surface area contributed by atoms with Gasteiger partial charge in [-0.2, -0.15) is 0 Å². The van der Waals surface area contributed by atoms with Crippen LogP contribution in [0.5, 0.6) is 0 Å². The average molecular weight is 238 g/mol. The highest BCUT2D eigenvalue weighted by Crippen LogP contribution is 2.11. The maximum Gasteiger partial charge on any atom is 0.335 e. The van der Waals surface area contributed by atoms with Crippen molar-refractivity contribution in [2.45, 2.75) is 27.7 Å². The van der Waals surface area contributed by atoms with Crippen LogP contribution >= 0.6 is 0 Å². The summed E-state index contributed by atoms with van der Waals surface area (Å²) in [5, 5.41) is 8.69. The second-order valence-electron chi connectivity index (χ2n) is 3.48. The zero-order valence-corrected chi connectivity index (χ0v) is 10.6. The number of aromatic carboxylic acids is 1. The van der Waals surface area contributed by atoms with E-state index in [1.54, 1.807) is 19.1 Å². The SMILES string of the molecule is CCOC(C)=O.Cc1cccc(C(=O)O)c1C. The van der Waals surface area contributed by atoms with Crippen LogP contribution in [0.25, 0.3) is 0 Å². The van der Waals surface area contributed by atoms with Gasteiger partial charge in [0, 0.05) is 6.92 Å². The van der Waals surface area contributed by atoms with Crippen LogP contribution in [-0.2, 0) is 9.53 Å². The molecule has 0 fully saturated rings. The van der Waals surface area contributed by atoms with E-state index in [1.165, 1.54) is 6.92 Å². The number of esters is 1. The lowest BCUT2D eigenvalue weighted by Gasteiger charge is -2.02. The van der Waals surface area contributed by atoms with E-state index in [0.717, 1.165) is 11.1 Å². The van der Waals surface area contributed by atoms with Crippen LogP contribution in [0, 0.1) is 13.8 Å². The van der Waals surface area contributed by atoms with Gasteiger partial charge in [-0.05, 0) is 38.0 Å². The van der Waals surface area contributed by atoms with Crippen molar-refractivity contribution in [1.29, 1.82) is 0 Å². The molecule has 0 spiro atoms. The minimum Gasteiger partial charge on any atom is -0.478 e.